The van der Waals surface area contributed by atoms with Crippen molar-refractivity contribution >= 4 is 16.6 Å². The SMILES string of the molecule is Fc1ccccc1CON=C1CCCc2c1[nH]c1ccccc21. The zero-order valence-electron chi connectivity index (χ0n) is 12.7. The lowest BCUT2D eigenvalue weighted by atomic mass is 9.94. The van der Waals surface area contributed by atoms with Crippen LogP contribution in [0.3, 0.4) is 0 Å². The molecule has 0 unspecified atom stereocenters. The molecule has 1 aliphatic rings. The van der Waals surface area contributed by atoms with Gasteiger partial charge in [-0.25, -0.2) is 4.39 Å². The number of nitrogens with one attached hydrogen (secondary N) is 1. The first-order valence-corrected chi connectivity index (χ1v) is 7.85. The van der Waals surface area contributed by atoms with Gasteiger partial charge in [-0.15, -0.1) is 0 Å². The van der Waals surface area contributed by atoms with E-state index < -0.39 is 0 Å². The highest BCUT2D eigenvalue weighted by Gasteiger charge is 2.20. The minimum Gasteiger partial charge on any atom is -0.391 e. The fraction of sp³-hybridized carbons (Fsp3) is 0.211. The molecule has 0 amide bonds. The first-order valence-electron chi connectivity index (χ1n) is 7.85. The third-order valence-electron chi connectivity index (χ3n) is 4.30. The molecule has 0 saturated carbocycles. The van der Waals surface area contributed by atoms with Crippen molar-refractivity contribution in [3.8, 4) is 0 Å². The number of halogens is 1. The zero-order valence-corrected chi connectivity index (χ0v) is 12.7. The summed E-state index contributed by atoms with van der Waals surface area (Å²) in [6, 6.07) is 14.9. The second-order valence-electron chi connectivity index (χ2n) is 5.78. The summed E-state index contributed by atoms with van der Waals surface area (Å²) in [4.78, 5) is 8.86. The second kappa shape index (κ2) is 5.88. The van der Waals surface area contributed by atoms with Gasteiger partial charge in [-0.3, -0.25) is 0 Å². The molecule has 4 heteroatoms. The van der Waals surface area contributed by atoms with Crippen molar-refractivity contribution in [3.05, 3.63) is 71.2 Å². The van der Waals surface area contributed by atoms with Gasteiger partial charge < -0.3 is 9.82 Å². The molecule has 1 heterocycles. The van der Waals surface area contributed by atoms with E-state index in [1.165, 1.54) is 17.0 Å². The summed E-state index contributed by atoms with van der Waals surface area (Å²) in [6.07, 6.45) is 2.97. The number of rotatable bonds is 3. The van der Waals surface area contributed by atoms with E-state index in [1.54, 1.807) is 18.2 Å². The molecule has 2 aromatic carbocycles. The largest absolute Gasteiger partial charge is 0.391 e. The number of nitrogens with zero attached hydrogens (tertiary/aromatic N) is 1. The van der Waals surface area contributed by atoms with E-state index in [2.05, 4.69) is 28.3 Å². The summed E-state index contributed by atoms with van der Waals surface area (Å²) in [5.74, 6) is -0.261. The van der Waals surface area contributed by atoms with Crippen molar-refractivity contribution in [1.29, 1.82) is 0 Å². The molecular weight excluding hydrogens is 291 g/mol. The van der Waals surface area contributed by atoms with Crippen LogP contribution in [0.4, 0.5) is 4.39 Å². The number of oxime groups is 1. The smallest absolute Gasteiger partial charge is 0.145 e. The van der Waals surface area contributed by atoms with E-state index in [-0.39, 0.29) is 12.4 Å². The maximum atomic E-state index is 13.6. The average molecular weight is 308 g/mol. The van der Waals surface area contributed by atoms with Gasteiger partial charge in [-0.2, -0.15) is 0 Å². The second-order valence-corrected chi connectivity index (χ2v) is 5.78. The summed E-state index contributed by atoms with van der Waals surface area (Å²) >= 11 is 0. The molecule has 0 fully saturated rings. The molecule has 23 heavy (non-hydrogen) atoms. The first-order chi connectivity index (χ1) is 11.3. The molecule has 0 spiro atoms. The fourth-order valence-electron chi connectivity index (χ4n) is 3.15. The molecule has 0 bridgehead atoms. The van der Waals surface area contributed by atoms with E-state index in [1.807, 2.05) is 6.07 Å². The van der Waals surface area contributed by atoms with Gasteiger partial charge in [-0.1, -0.05) is 41.6 Å². The van der Waals surface area contributed by atoms with Crippen LogP contribution >= 0.6 is 0 Å². The first kappa shape index (κ1) is 14.0. The molecule has 1 N–H and O–H groups in total. The number of hydrogen-bond acceptors (Lipinski definition) is 2. The molecule has 0 atom stereocenters. The Morgan fingerprint density at radius 3 is 2.78 bits per heavy atom. The van der Waals surface area contributed by atoms with Gasteiger partial charge in [0.15, 0.2) is 0 Å². The van der Waals surface area contributed by atoms with Crippen molar-refractivity contribution < 1.29 is 9.23 Å². The minimum absolute atomic E-state index is 0.145. The maximum Gasteiger partial charge on any atom is 0.145 e. The molecule has 116 valence electrons. The highest BCUT2D eigenvalue weighted by atomic mass is 19.1. The van der Waals surface area contributed by atoms with Crippen molar-refractivity contribution in [3.63, 3.8) is 0 Å². The number of aryl methyl sites for hydroxylation is 1. The quantitative estimate of drug-likeness (QED) is 0.707. The lowest BCUT2D eigenvalue weighted by Crippen LogP contribution is -2.12. The summed E-state index contributed by atoms with van der Waals surface area (Å²) in [5, 5.41) is 5.53. The van der Waals surface area contributed by atoms with Crippen LogP contribution in [0, 0.1) is 5.82 Å². The number of aromatic nitrogens is 1. The van der Waals surface area contributed by atoms with Crippen molar-refractivity contribution in [1.82, 2.24) is 4.98 Å². The number of H-pyrrole nitrogens is 1. The molecule has 4 rings (SSSR count). The lowest BCUT2D eigenvalue weighted by Gasteiger charge is -2.13. The van der Waals surface area contributed by atoms with E-state index in [0.29, 0.717) is 5.56 Å². The molecule has 1 aromatic heterocycles. The van der Waals surface area contributed by atoms with E-state index >= 15 is 0 Å². The molecule has 0 radical (unpaired) electrons. The van der Waals surface area contributed by atoms with Gasteiger partial charge >= 0.3 is 0 Å². The Morgan fingerprint density at radius 1 is 1.04 bits per heavy atom. The van der Waals surface area contributed by atoms with Crippen molar-refractivity contribution in [2.24, 2.45) is 5.16 Å². The topological polar surface area (TPSA) is 37.4 Å². The predicted octanol–water partition coefficient (Wildman–Crippen LogP) is 4.56. The van der Waals surface area contributed by atoms with Crippen LogP contribution in [-0.4, -0.2) is 10.7 Å². The number of benzene rings is 2. The summed E-state index contributed by atoms with van der Waals surface area (Å²) in [7, 11) is 0. The molecule has 0 aliphatic heterocycles. The molecular formula is C19H17FN2O. The minimum atomic E-state index is -0.261. The summed E-state index contributed by atoms with van der Waals surface area (Å²) < 4.78 is 13.6. The average Bonchev–Trinajstić information content (AvgIpc) is 2.96. The van der Waals surface area contributed by atoms with Crippen molar-refractivity contribution in [2.45, 2.75) is 25.9 Å². The van der Waals surface area contributed by atoms with Gasteiger partial charge in [0.1, 0.15) is 18.1 Å². The van der Waals surface area contributed by atoms with Crippen LogP contribution in [0.5, 0.6) is 0 Å². The maximum absolute atomic E-state index is 13.6. The molecule has 3 nitrogen and oxygen atoms in total. The van der Waals surface area contributed by atoms with Gasteiger partial charge in [0.25, 0.3) is 0 Å². The highest BCUT2D eigenvalue weighted by Crippen LogP contribution is 2.29. The Hall–Kier alpha value is -2.62. The normalized spacial score (nSPS) is 15.8. The van der Waals surface area contributed by atoms with E-state index in [4.69, 9.17) is 4.84 Å². The van der Waals surface area contributed by atoms with Crippen LogP contribution in [0.25, 0.3) is 10.9 Å². The van der Waals surface area contributed by atoms with Crippen molar-refractivity contribution in [2.75, 3.05) is 0 Å². The standard InChI is InChI=1S/C19H17FN2O/c20-16-9-3-1-6-13(16)12-23-22-18-11-5-8-15-14-7-2-4-10-17(14)21-19(15)18/h1-4,6-7,9-10,21H,5,8,11-12H2. The van der Waals surface area contributed by atoms with Gasteiger partial charge in [0.2, 0.25) is 0 Å². The fourth-order valence-corrected chi connectivity index (χ4v) is 3.15. The van der Waals surface area contributed by atoms with Crippen LogP contribution in [0.15, 0.2) is 53.7 Å². The monoisotopic (exact) mass is 308 g/mol. The number of para-hydroxylation sites is 1. The number of hydrogen-bond donors (Lipinski definition) is 1. The lowest BCUT2D eigenvalue weighted by molar-refractivity contribution is 0.127. The Balaban J connectivity index is 1.60. The molecule has 0 saturated heterocycles. The predicted molar refractivity (Wildman–Crippen MR) is 89.0 cm³/mol. The van der Waals surface area contributed by atoms with Gasteiger partial charge in [-0.05, 0) is 37.0 Å². The molecule has 3 aromatic rings. The van der Waals surface area contributed by atoms with E-state index in [0.717, 1.165) is 36.2 Å². The molecule has 1 aliphatic carbocycles. The van der Waals surface area contributed by atoms with Crippen LogP contribution in [-0.2, 0) is 17.9 Å². The number of fused-ring (bicyclic) bond motifs is 3. The van der Waals surface area contributed by atoms with Crippen LogP contribution in [0.2, 0.25) is 0 Å². The van der Waals surface area contributed by atoms with Crippen LogP contribution in [0.1, 0.15) is 29.7 Å². The van der Waals surface area contributed by atoms with E-state index in [9.17, 15) is 4.39 Å². The Bertz CT molecular complexity index is 882. The highest BCUT2D eigenvalue weighted by molar-refractivity contribution is 6.06. The summed E-state index contributed by atoms with van der Waals surface area (Å²) in [5.41, 5.74) is 4.93. The van der Waals surface area contributed by atoms with Gasteiger partial charge in [0.05, 0.1) is 5.69 Å². The number of aromatic amines is 1. The Kier molecular flexibility index (Phi) is 3.58. The zero-order chi connectivity index (χ0) is 15.6. The summed E-state index contributed by atoms with van der Waals surface area (Å²) in [6.45, 7) is 0.145. The Morgan fingerprint density at radius 2 is 1.87 bits per heavy atom. The Labute approximate surface area is 133 Å². The van der Waals surface area contributed by atoms with Gasteiger partial charge in [0, 0.05) is 16.5 Å². The third-order valence-corrected chi connectivity index (χ3v) is 4.30. The third kappa shape index (κ3) is 2.61. The van der Waals surface area contributed by atoms with Crippen LogP contribution < -0.4 is 0 Å².